The molecule has 0 radical (unpaired) electrons. The molecule has 1 unspecified atom stereocenters. The van der Waals surface area contributed by atoms with Gasteiger partial charge in [0, 0.05) is 31.7 Å². The average molecular weight is 454 g/mol. The molecule has 1 atom stereocenters. The number of hydrogen-bond donors (Lipinski definition) is 0. The van der Waals surface area contributed by atoms with Crippen LogP contribution < -0.4 is 0 Å². The molecule has 1 aromatic carbocycles. The minimum atomic E-state index is -4.55. The van der Waals surface area contributed by atoms with Gasteiger partial charge in [-0.05, 0) is 56.8 Å². The molecule has 3 fully saturated rings. The van der Waals surface area contributed by atoms with E-state index in [4.69, 9.17) is 4.74 Å². The molecule has 0 N–H and O–H groups in total. The van der Waals surface area contributed by atoms with E-state index in [1.807, 2.05) is 7.05 Å². The van der Waals surface area contributed by atoms with Gasteiger partial charge in [0.1, 0.15) is 11.8 Å². The largest absolute Gasteiger partial charge is 0.416 e. The molecule has 4 rings (SSSR count). The first-order valence-corrected chi connectivity index (χ1v) is 11.2. The van der Waals surface area contributed by atoms with Crippen molar-refractivity contribution in [3.05, 3.63) is 35.4 Å². The molecule has 6 nitrogen and oxygen atoms in total. The van der Waals surface area contributed by atoms with E-state index in [1.54, 1.807) is 4.90 Å². The number of hydrogen-bond acceptors (Lipinski definition) is 4. The van der Waals surface area contributed by atoms with Gasteiger partial charge in [-0.3, -0.25) is 14.5 Å². The van der Waals surface area contributed by atoms with Crippen LogP contribution in [0.3, 0.4) is 0 Å². The van der Waals surface area contributed by atoms with Gasteiger partial charge in [0.05, 0.1) is 12.2 Å². The van der Waals surface area contributed by atoms with Crippen LogP contribution >= 0.6 is 0 Å². The number of carbonyl (C=O) groups is 2. The van der Waals surface area contributed by atoms with Crippen molar-refractivity contribution >= 4 is 11.8 Å². The van der Waals surface area contributed by atoms with Crippen LogP contribution in [0, 0.1) is 5.92 Å². The molecule has 1 aromatic rings. The first-order chi connectivity index (χ1) is 15.1. The second-order valence-electron chi connectivity index (χ2n) is 9.34. The first-order valence-electron chi connectivity index (χ1n) is 11.2. The SMILES string of the molecule is CC1CCC2(CC1)OCC(C(=O)N1CCN(C)CC1)N2C(=O)c1cccc(C(F)(F)F)c1. The summed E-state index contributed by atoms with van der Waals surface area (Å²) in [5, 5.41) is 0. The highest BCUT2D eigenvalue weighted by molar-refractivity contribution is 5.98. The van der Waals surface area contributed by atoms with Crippen LogP contribution in [0.25, 0.3) is 0 Å². The predicted molar refractivity (Wildman–Crippen MR) is 112 cm³/mol. The highest BCUT2D eigenvalue weighted by atomic mass is 19.4. The van der Waals surface area contributed by atoms with E-state index in [-0.39, 0.29) is 18.1 Å². The van der Waals surface area contributed by atoms with Gasteiger partial charge in [-0.15, -0.1) is 0 Å². The van der Waals surface area contributed by atoms with Crippen LogP contribution in [0.1, 0.15) is 48.5 Å². The van der Waals surface area contributed by atoms with Crippen LogP contribution in [-0.4, -0.2) is 78.1 Å². The Labute approximate surface area is 186 Å². The van der Waals surface area contributed by atoms with Crippen molar-refractivity contribution in [1.82, 2.24) is 14.7 Å². The van der Waals surface area contributed by atoms with E-state index in [0.717, 1.165) is 38.1 Å². The zero-order valence-electron chi connectivity index (χ0n) is 18.5. The lowest BCUT2D eigenvalue weighted by Gasteiger charge is -2.44. The van der Waals surface area contributed by atoms with Crippen molar-refractivity contribution in [3.8, 4) is 0 Å². The summed E-state index contributed by atoms with van der Waals surface area (Å²) in [6.07, 6.45) is -1.73. The first kappa shape index (κ1) is 23.0. The fourth-order valence-corrected chi connectivity index (χ4v) is 4.97. The van der Waals surface area contributed by atoms with Gasteiger partial charge in [-0.2, -0.15) is 13.2 Å². The number of rotatable bonds is 2. The number of amides is 2. The Morgan fingerprint density at radius 1 is 1.09 bits per heavy atom. The maximum Gasteiger partial charge on any atom is 0.416 e. The average Bonchev–Trinajstić information content (AvgIpc) is 3.14. The lowest BCUT2D eigenvalue weighted by atomic mass is 9.83. The van der Waals surface area contributed by atoms with Crippen LogP contribution in [0.5, 0.6) is 0 Å². The minimum Gasteiger partial charge on any atom is -0.353 e. The van der Waals surface area contributed by atoms with E-state index in [2.05, 4.69) is 11.8 Å². The normalized spacial score (nSPS) is 29.5. The fraction of sp³-hybridized carbons (Fsp3) is 0.652. The lowest BCUT2D eigenvalue weighted by Crippen LogP contribution is -2.59. The summed E-state index contributed by atoms with van der Waals surface area (Å²) in [6, 6.07) is 3.61. The molecule has 2 saturated heterocycles. The van der Waals surface area contributed by atoms with E-state index in [9.17, 15) is 22.8 Å². The third kappa shape index (κ3) is 4.37. The van der Waals surface area contributed by atoms with Gasteiger partial charge in [-0.1, -0.05) is 13.0 Å². The zero-order chi connectivity index (χ0) is 23.1. The highest BCUT2D eigenvalue weighted by Crippen LogP contribution is 2.43. The Hall–Kier alpha value is -2.13. The monoisotopic (exact) mass is 453 g/mol. The second-order valence-corrected chi connectivity index (χ2v) is 9.34. The van der Waals surface area contributed by atoms with Gasteiger partial charge in [-0.25, -0.2) is 0 Å². The van der Waals surface area contributed by atoms with Gasteiger partial charge in [0.15, 0.2) is 0 Å². The summed E-state index contributed by atoms with van der Waals surface area (Å²) in [6.45, 7) is 4.80. The second kappa shape index (κ2) is 8.67. The van der Waals surface area contributed by atoms with Crippen LogP contribution in [0.4, 0.5) is 13.2 Å². The summed E-state index contributed by atoms with van der Waals surface area (Å²) < 4.78 is 45.9. The number of piperazine rings is 1. The molecule has 0 aromatic heterocycles. The molecule has 2 heterocycles. The third-order valence-corrected chi connectivity index (χ3v) is 7.07. The molecular weight excluding hydrogens is 423 g/mol. The quantitative estimate of drug-likeness (QED) is 0.690. The summed E-state index contributed by atoms with van der Waals surface area (Å²) in [4.78, 5) is 32.4. The Bertz CT molecular complexity index is 860. The van der Waals surface area contributed by atoms with Gasteiger partial charge >= 0.3 is 6.18 Å². The van der Waals surface area contributed by atoms with Crippen LogP contribution in [0.2, 0.25) is 0 Å². The molecule has 1 spiro atoms. The fourth-order valence-electron chi connectivity index (χ4n) is 4.97. The maximum atomic E-state index is 13.6. The summed E-state index contributed by atoms with van der Waals surface area (Å²) >= 11 is 0. The molecule has 2 aliphatic heterocycles. The summed E-state index contributed by atoms with van der Waals surface area (Å²) in [5.74, 6) is -0.285. The van der Waals surface area contributed by atoms with Crippen molar-refractivity contribution in [1.29, 1.82) is 0 Å². The smallest absolute Gasteiger partial charge is 0.353 e. The Morgan fingerprint density at radius 3 is 2.38 bits per heavy atom. The third-order valence-electron chi connectivity index (χ3n) is 7.07. The van der Waals surface area contributed by atoms with Crippen LogP contribution in [0.15, 0.2) is 24.3 Å². The molecule has 1 saturated carbocycles. The number of alkyl halides is 3. The number of likely N-dealkylation sites (N-methyl/N-ethyl adjacent to an activating group) is 1. The Morgan fingerprint density at radius 2 is 1.75 bits per heavy atom. The van der Waals surface area contributed by atoms with Gasteiger partial charge in [0.25, 0.3) is 5.91 Å². The number of halogens is 3. The summed E-state index contributed by atoms with van der Waals surface area (Å²) in [7, 11) is 1.99. The Kier molecular flexibility index (Phi) is 6.24. The maximum absolute atomic E-state index is 13.6. The summed E-state index contributed by atoms with van der Waals surface area (Å²) in [5.41, 5.74) is -1.89. The molecule has 1 aliphatic carbocycles. The number of benzene rings is 1. The van der Waals surface area contributed by atoms with Crippen molar-refractivity contribution in [2.75, 3.05) is 39.8 Å². The number of carbonyl (C=O) groups excluding carboxylic acids is 2. The lowest BCUT2D eigenvalue weighted by molar-refractivity contribution is -0.139. The van der Waals surface area contributed by atoms with E-state index >= 15 is 0 Å². The number of nitrogens with zero attached hydrogens (tertiary/aromatic N) is 3. The van der Waals surface area contributed by atoms with Gasteiger partial charge < -0.3 is 14.5 Å². The van der Waals surface area contributed by atoms with Crippen LogP contribution in [-0.2, 0) is 15.7 Å². The standard InChI is InChI=1S/C23H30F3N3O3/c1-16-6-8-22(9-7-16)29(20(30)17-4-3-5-18(14-17)23(24,25)26)19(15-32-22)21(31)28-12-10-27(2)11-13-28/h3-5,14,16,19H,6-13,15H2,1-2H3. The van der Waals surface area contributed by atoms with Crippen molar-refractivity contribution in [2.24, 2.45) is 5.92 Å². The molecule has 2 amide bonds. The van der Waals surface area contributed by atoms with Gasteiger partial charge in [0.2, 0.25) is 5.91 Å². The zero-order valence-corrected chi connectivity index (χ0v) is 18.5. The molecule has 32 heavy (non-hydrogen) atoms. The van der Waals surface area contributed by atoms with E-state index in [0.29, 0.717) is 31.8 Å². The number of ether oxygens (including phenoxy) is 1. The molecule has 3 aliphatic rings. The van der Waals surface area contributed by atoms with E-state index in [1.165, 1.54) is 17.0 Å². The minimum absolute atomic E-state index is 0.0699. The molecule has 9 heteroatoms. The molecule has 0 bridgehead atoms. The Balaban J connectivity index is 1.66. The molecule has 176 valence electrons. The van der Waals surface area contributed by atoms with Crippen molar-refractivity contribution in [2.45, 2.75) is 50.6 Å². The highest BCUT2D eigenvalue weighted by Gasteiger charge is 2.54. The van der Waals surface area contributed by atoms with E-state index < -0.39 is 29.4 Å². The topological polar surface area (TPSA) is 53.1 Å². The molecular formula is C23H30F3N3O3. The van der Waals surface area contributed by atoms with Crippen molar-refractivity contribution in [3.63, 3.8) is 0 Å². The van der Waals surface area contributed by atoms with Crippen molar-refractivity contribution < 1.29 is 27.5 Å². The predicted octanol–water partition coefficient (Wildman–Crippen LogP) is 3.23.